The minimum Gasteiger partial charge on any atom is -0.271 e. The number of nitrogens with one attached hydrogen (secondary N) is 1. The normalized spacial score (nSPS) is 26.8. The summed E-state index contributed by atoms with van der Waals surface area (Å²) >= 11 is 0. The van der Waals surface area contributed by atoms with Gasteiger partial charge in [-0.15, -0.1) is 0 Å². The van der Waals surface area contributed by atoms with Gasteiger partial charge in [-0.2, -0.15) is 0 Å². The highest BCUT2D eigenvalue weighted by molar-refractivity contribution is 5.20. The third-order valence-electron chi connectivity index (χ3n) is 3.97. The third kappa shape index (κ3) is 3.05. The fourth-order valence-electron chi connectivity index (χ4n) is 2.87. The molecule has 0 spiro atoms. The molecule has 0 aliphatic heterocycles. The van der Waals surface area contributed by atoms with Crippen molar-refractivity contribution in [2.24, 2.45) is 17.7 Å². The Kier molecular flexibility index (Phi) is 4.13. The molecule has 0 amide bonds. The van der Waals surface area contributed by atoms with Crippen LogP contribution in [0.4, 0.5) is 0 Å². The standard InChI is InChI=1S/C14H23N3/c1-10-3-5-12(6-4-10)14(17-15)13-7-11(2)8-16-9-13/h7-10,12,14,17H,3-6,15H2,1-2H3. The highest BCUT2D eigenvalue weighted by atomic mass is 15.2. The second kappa shape index (κ2) is 5.61. The van der Waals surface area contributed by atoms with Crippen molar-refractivity contribution in [2.45, 2.75) is 45.6 Å². The average molecular weight is 233 g/mol. The first-order valence-electron chi connectivity index (χ1n) is 6.58. The van der Waals surface area contributed by atoms with Gasteiger partial charge in [0.05, 0.1) is 6.04 Å². The van der Waals surface area contributed by atoms with Crippen LogP contribution < -0.4 is 11.3 Å². The summed E-state index contributed by atoms with van der Waals surface area (Å²) in [5, 5.41) is 0. The fourth-order valence-corrected chi connectivity index (χ4v) is 2.87. The van der Waals surface area contributed by atoms with Crippen LogP contribution in [0.2, 0.25) is 0 Å². The Balaban J connectivity index is 2.10. The Morgan fingerprint density at radius 1 is 1.29 bits per heavy atom. The van der Waals surface area contributed by atoms with Crippen LogP contribution in [0.15, 0.2) is 18.5 Å². The molecule has 1 atom stereocenters. The van der Waals surface area contributed by atoms with Gasteiger partial charge in [0.2, 0.25) is 0 Å². The number of hydrogen-bond donors (Lipinski definition) is 2. The van der Waals surface area contributed by atoms with Gasteiger partial charge in [-0.05, 0) is 42.7 Å². The van der Waals surface area contributed by atoms with E-state index in [0.717, 1.165) is 5.92 Å². The molecule has 1 aromatic rings. The first-order valence-corrected chi connectivity index (χ1v) is 6.58. The van der Waals surface area contributed by atoms with Crippen LogP contribution in [-0.4, -0.2) is 4.98 Å². The minimum absolute atomic E-state index is 0.259. The molecule has 3 nitrogen and oxygen atoms in total. The number of hydrogen-bond acceptors (Lipinski definition) is 3. The van der Waals surface area contributed by atoms with Crippen molar-refractivity contribution < 1.29 is 0 Å². The number of nitrogens with two attached hydrogens (primary N) is 1. The first-order chi connectivity index (χ1) is 8.20. The number of aromatic nitrogens is 1. The molecule has 1 aliphatic carbocycles. The van der Waals surface area contributed by atoms with Crippen molar-refractivity contribution in [2.75, 3.05) is 0 Å². The molecule has 0 radical (unpaired) electrons. The summed E-state index contributed by atoms with van der Waals surface area (Å²) in [7, 11) is 0. The van der Waals surface area contributed by atoms with Gasteiger partial charge in [-0.25, -0.2) is 0 Å². The smallest absolute Gasteiger partial charge is 0.0503 e. The number of aryl methyl sites for hydroxylation is 1. The number of rotatable bonds is 3. The van der Waals surface area contributed by atoms with Crippen LogP contribution in [0.5, 0.6) is 0 Å². The molecule has 0 bridgehead atoms. The van der Waals surface area contributed by atoms with Crippen molar-refractivity contribution in [1.82, 2.24) is 10.4 Å². The first kappa shape index (κ1) is 12.5. The zero-order valence-electron chi connectivity index (χ0n) is 10.8. The number of pyridine rings is 1. The molecule has 1 aromatic heterocycles. The van der Waals surface area contributed by atoms with Crippen LogP contribution in [0.25, 0.3) is 0 Å². The minimum atomic E-state index is 0.259. The molecule has 1 fully saturated rings. The largest absolute Gasteiger partial charge is 0.271 e. The summed E-state index contributed by atoms with van der Waals surface area (Å²) in [6.07, 6.45) is 9.01. The topological polar surface area (TPSA) is 50.9 Å². The molecular weight excluding hydrogens is 210 g/mol. The van der Waals surface area contributed by atoms with Crippen LogP contribution in [0, 0.1) is 18.8 Å². The van der Waals surface area contributed by atoms with Gasteiger partial charge in [0.25, 0.3) is 0 Å². The zero-order chi connectivity index (χ0) is 12.3. The summed E-state index contributed by atoms with van der Waals surface area (Å²) in [4.78, 5) is 4.27. The molecule has 17 heavy (non-hydrogen) atoms. The molecule has 1 unspecified atom stereocenters. The summed E-state index contributed by atoms with van der Waals surface area (Å²) in [6, 6.07) is 2.45. The van der Waals surface area contributed by atoms with Gasteiger partial charge in [0.15, 0.2) is 0 Å². The molecule has 0 saturated heterocycles. The van der Waals surface area contributed by atoms with E-state index in [0.29, 0.717) is 5.92 Å². The van der Waals surface area contributed by atoms with Crippen molar-refractivity contribution in [3.8, 4) is 0 Å². The van der Waals surface area contributed by atoms with Gasteiger partial charge >= 0.3 is 0 Å². The van der Waals surface area contributed by atoms with E-state index in [2.05, 4.69) is 30.3 Å². The van der Waals surface area contributed by atoms with E-state index in [1.54, 1.807) is 0 Å². The Bertz CT molecular complexity index is 356. The maximum atomic E-state index is 5.74. The molecule has 3 heteroatoms. The molecule has 2 rings (SSSR count). The van der Waals surface area contributed by atoms with Gasteiger partial charge in [0, 0.05) is 12.4 Å². The zero-order valence-corrected chi connectivity index (χ0v) is 10.8. The highest BCUT2D eigenvalue weighted by Gasteiger charge is 2.26. The lowest BCUT2D eigenvalue weighted by atomic mass is 9.77. The van der Waals surface area contributed by atoms with Crippen molar-refractivity contribution >= 4 is 0 Å². The van der Waals surface area contributed by atoms with E-state index in [1.807, 2.05) is 12.4 Å². The molecule has 0 aromatic carbocycles. The Labute approximate surface area is 104 Å². The number of hydrazine groups is 1. The molecule has 3 N–H and O–H groups in total. The predicted octanol–water partition coefficient (Wildman–Crippen LogP) is 2.72. The maximum absolute atomic E-state index is 5.74. The Hall–Kier alpha value is -0.930. The van der Waals surface area contributed by atoms with Gasteiger partial charge < -0.3 is 0 Å². The van der Waals surface area contributed by atoms with E-state index in [9.17, 15) is 0 Å². The molecular formula is C14H23N3. The monoisotopic (exact) mass is 233 g/mol. The highest BCUT2D eigenvalue weighted by Crippen LogP contribution is 2.36. The van der Waals surface area contributed by atoms with Crippen molar-refractivity contribution in [3.05, 3.63) is 29.6 Å². The Morgan fingerprint density at radius 2 is 2.00 bits per heavy atom. The lowest BCUT2D eigenvalue weighted by Gasteiger charge is -2.32. The summed E-state index contributed by atoms with van der Waals surface area (Å²) < 4.78 is 0. The van der Waals surface area contributed by atoms with E-state index in [4.69, 9.17) is 5.84 Å². The quantitative estimate of drug-likeness (QED) is 0.623. The van der Waals surface area contributed by atoms with E-state index in [1.165, 1.54) is 36.8 Å². The average Bonchev–Trinajstić information content (AvgIpc) is 2.33. The summed E-state index contributed by atoms with van der Waals surface area (Å²) in [6.45, 7) is 4.42. The molecule has 94 valence electrons. The maximum Gasteiger partial charge on any atom is 0.0503 e. The fraction of sp³-hybridized carbons (Fsp3) is 0.643. The van der Waals surface area contributed by atoms with Crippen LogP contribution in [-0.2, 0) is 0 Å². The number of nitrogens with zero attached hydrogens (tertiary/aromatic N) is 1. The van der Waals surface area contributed by atoms with Crippen molar-refractivity contribution in [1.29, 1.82) is 0 Å². The van der Waals surface area contributed by atoms with E-state index in [-0.39, 0.29) is 6.04 Å². The van der Waals surface area contributed by atoms with Crippen molar-refractivity contribution in [3.63, 3.8) is 0 Å². The second-order valence-corrected chi connectivity index (χ2v) is 5.46. The summed E-state index contributed by atoms with van der Waals surface area (Å²) in [5.74, 6) is 7.27. The van der Waals surface area contributed by atoms with Crippen LogP contribution >= 0.6 is 0 Å². The SMILES string of the molecule is Cc1cncc(C(NN)C2CCC(C)CC2)c1. The predicted molar refractivity (Wildman–Crippen MR) is 70.2 cm³/mol. The Morgan fingerprint density at radius 3 is 2.59 bits per heavy atom. The second-order valence-electron chi connectivity index (χ2n) is 5.46. The third-order valence-corrected chi connectivity index (χ3v) is 3.97. The molecule has 1 heterocycles. The van der Waals surface area contributed by atoms with Crippen LogP contribution in [0.1, 0.15) is 49.8 Å². The van der Waals surface area contributed by atoms with Gasteiger partial charge in [-0.3, -0.25) is 16.3 Å². The lowest BCUT2D eigenvalue weighted by molar-refractivity contribution is 0.232. The molecule has 1 saturated carbocycles. The van der Waals surface area contributed by atoms with Gasteiger partial charge in [-0.1, -0.05) is 25.8 Å². The van der Waals surface area contributed by atoms with Crippen LogP contribution in [0.3, 0.4) is 0 Å². The summed E-state index contributed by atoms with van der Waals surface area (Å²) in [5.41, 5.74) is 5.42. The molecule has 1 aliphatic rings. The van der Waals surface area contributed by atoms with Gasteiger partial charge in [0.1, 0.15) is 0 Å². The lowest BCUT2D eigenvalue weighted by Crippen LogP contribution is -2.35. The van der Waals surface area contributed by atoms with E-state index >= 15 is 0 Å². The van der Waals surface area contributed by atoms with E-state index < -0.39 is 0 Å².